The van der Waals surface area contributed by atoms with E-state index in [1.54, 1.807) is 24.7 Å². The summed E-state index contributed by atoms with van der Waals surface area (Å²) in [7, 11) is 0. The molecule has 7 heteroatoms. The van der Waals surface area contributed by atoms with Gasteiger partial charge in [0.2, 0.25) is 0 Å². The molecule has 7 rings (SSSR count). The summed E-state index contributed by atoms with van der Waals surface area (Å²) in [6, 6.07) is 21.0. The molecule has 6 nitrogen and oxygen atoms in total. The van der Waals surface area contributed by atoms with Crippen molar-refractivity contribution in [1.82, 2.24) is 19.1 Å². The van der Waals surface area contributed by atoms with Crippen molar-refractivity contribution >= 4 is 44.9 Å². The number of fused-ring (bicyclic) bond motifs is 4. The van der Waals surface area contributed by atoms with Gasteiger partial charge in [0.05, 0.1) is 17.2 Å². The molecule has 1 aliphatic heterocycles. The molecule has 1 aliphatic rings. The van der Waals surface area contributed by atoms with E-state index in [1.165, 1.54) is 4.58 Å². The molecule has 3 aromatic heterocycles. The van der Waals surface area contributed by atoms with Gasteiger partial charge in [-0.15, -0.1) is 29.1 Å². The molecule has 45 heavy (non-hydrogen) atoms. The smallest absolute Gasteiger partial charge is 0.509 e. The summed E-state index contributed by atoms with van der Waals surface area (Å²) in [4.78, 5) is 9.13. The first-order valence-corrected chi connectivity index (χ1v) is 14.3. The van der Waals surface area contributed by atoms with Gasteiger partial charge in [-0.3, -0.25) is 4.98 Å². The predicted octanol–water partition coefficient (Wildman–Crippen LogP) is 8.85. The third-order valence-corrected chi connectivity index (χ3v) is 7.75. The molecule has 0 fully saturated rings. The van der Waals surface area contributed by atoms with Crippen molar-refractivity contribution in [3.05, 3.63) is 108 Å². The quantitative estimate of drug-likeness (QED) is 0.133. The fourth-order valence-corrected chi connectivity index (χ4v) is 5.33. The van der Waals surface area contributed by atoms with Gasteiger partial charge in [0.1, 0.15) is 15.6 Å². The Kier molecular flexibility index (Phi) is 5.74. The molecule has 0 amide bonds. The largest absolute Gasteiger partial charge is 2.00 e. The van der Waals surface area contributed by atoms with Crippen LogP contribution in [0.15, 0.2) is 85.2 Å². The zero-order chi connectivity index (χ0) is 36.8. The van der Waals surface area contributed by atoms with Crippen LogP contribution in [0.25, 0.3) is 27.6 Å². The summed E-state index contributed by atoms with van der Waals surface area (Å²) in [6.45, 7) is 9.74. The normalized spacial score (nSPS) is 15.5. The number of aromatic nitrogens is 3. The average Bonchev–Trinajstić information content (AvgIpc) is 3.63. The molecule has 6 aromatic rings. The van der Waals surface area contributed by atoms with Crippen molar-refractivity contribution in [2.75, 3.05) is 6.98 Å². The zero-order valence-electron chi connectivity index (χ0n) is 32.7. The molecule has 0 spiro atoms. The third-order valence-electron chi connectivity index (χ3n) is 7.75. The Morgan fingerprint density at radius 1 is 0.867 bits per heavy atom. The van der Waals surface area contributed by atoms with Gasteiger partial charge in [0.15, 0.2) is 6.98 Å². The first kappa shape index (κ1) is 23.0. The van der Waals surface area contributed by atoms with Crippen LogP contribution in [0.5, 0.6) is 11.5 Å². The Labute approximate surface area is 288 Å². The van der Waals surface area contributed by atoms with Crippen molar-refractivity contribution in [3.8, 4) is 17.3 Å². The molecule has 0 bridgehead atoms. The van der Waals surface area contributed by atoms with Gasteiger partial charge >= 0.3 is 27.1 Å². The van der Waals surface area contributed by atoms with Crippen molar-refractivity contribution in [1.29, 1.82) is 0 Å². The van der Waals surface area contributed by atoms with Crippen LogP contribution >= 0.6 is 0 Å². The van der Waals surface area contributed by atoms with E-state index in [-0.39, 0.29) is 37.9 Å². The minimum absolute atomic E-state index is 0. The Bertz CT molecular complexity index is 2510. The minimum Gasteiger partial charge on any atom is -0.509 e. The molecule has 4 heterocycles. The average molecular weight is 780 g/mol. The van der Waals surface area contributed by atoms with E-state index in [0.717, 1.165) is 43.3 Å². The molecule has 0 N–H and O–H groups in total. The maximum absolute atomic E-state index is 8.71. The van der Waals surface area contributed by atoms with Crippen molar-refractivity contribution in [2.45, 2.75) is 52.4 Å². The van der Waals surface area contributed by atoms with Gasteiger partial charge in [-0.2, -0.15) is 6.07 Å². The van der Waals surface area contributed by atoms with E-state index in [9.17, 15) is 0 Å². The van der Waals surface area contributed by atoms with Crippen LogP contribution in [0, 0.1) is 12.1 Å². The number of hydrogen-bond donors (Lipinski definition) is 0. The molecule has 226 valence electrons. The predicted molar refractivity (Wildman–Crippen MR) is 177 cm³/mol. The maximum Gasteiger partial charge on any atom is 2.00 e. The van der Waals surface area contributed by atoms with Crippen LogP contribution in [-0.4, -0.2) is 32.1 Å². The topological polar surface area (TPSA) is 46.0 Å². The van der Waals surface area contributed by atoms with E-state index in [1.807, 2.05) is 55.7 Å². The molecular weight excluding hydrogens is 738 g/mol. The second kappa shape index (κ2) is 11.2. The van der Waals surface area contributed by atoms with Crippen LogP contribution in [0.2, 0.25) is 0 Å². The zero-order valence-corrected chi connectivity index (χ0v) is 28.0. The molecule has 0 unspecified atom stereocenters. The van der Waals surface area contributed by atoms with Gasteiger partial charge in [-0.05, 0) is 40.0 Å². The Hall–Kier alpha value is -4.37. The van der Waals surface area contributed by atoms with Gasteiger partial charge in [-0.25, -0.2) is 4.98 Å². The summed E-state index contributed by atoms with van der Waals surface area (Å²) in [5.41, 5.74) is 3.10. The van der Waals surface area contributed by atoms with E-state index < -0.39 is 36.6 Å². The Morgan fingerprint density at radius 3 is 2.40 bits per heavy atom. The number of para-hydroxylation sites is 2. The van der Waals surface area contributed by atoms with E-state index >= 15 is 0 Å². The number of benzene rings is 3. The van der Waals surface area contributed by atoms with E-state index in [4.69, 9.17) is 19.3 Å². The maximum atomic E-state index is 8.71. The minimum atomic E-state index is -2.78. The SMILES string of the molecule is [2H]c1c([2H])c([2H])c2c(c1[2H])[N+](c1[c-]c(Oc3[c-]c4c(cc3)c3ccncc3n4-c3cc(C(C)(C)C)ccn3)cc(C(C)(C)C)c1)=C=[N+]2C([2H])([2H])[2H].[Pt+2]. The van der Waals surface area contributed by atoms with E-state index in [2.05, 4.69) is 50.0 Å². The van der Waals surface area contributed by atoms with Gasteiger partial charge in [0, 0.05) is 36.0 Å². The Balaban J connectivity index is 0.00000464. The summed E-state index contributed by atoms with van der Waals surface area (Å²) in [5.74, 6) is 1.40. The molecule has 0 saturated carbocycles. The van der Waals surface area contributed by atoms with Crippen LogP contribution in [-0.2, 0) is 31.9 Å². The summed E-state index contributed by atoms with van der Waals surface area (Å²) >= 11 is 0. The van der Waals surface area contributed by atoms with Crippen molar-refractivity contribution < 1.29 is 40.0 Å². The number of ether oxygens (including phenoxy) is 1. The Morgan fingerprint density at radius 2 is 1.64 bits per heavy atom. The molecule has 0 saturated heterocycles. The van der Waals surface area contributed by atoms with Gasteiger partial charge in [-0.1, -0.05) is 80.4 Å². The van der Waals surface area contributed by atoms with Crippen LogP contribution in [0.1, 0.15) is 62.3 Å². The molecule has 0 radical (unpaired) electrons. The van der Waals surface area contributed by atoms with Gasteiger partial charge in [0.25, 0.3) is 11.4 Å². The molecule has 3 aromatic carbocycles. The summed E-state index contributed by atoms with van der Waals surface area (Å²) < 4.78 is 68.8. The summed E-state index contributed by atoms with van der Waals surface area (Å²) in [6.07, 6.45) is 5.36. The second-order valence-corrected chi connectivity index (χ2v) is 12.9. The first-order chi connectivity index (χ1) is 23.8. The second-order valence-electron chi connectivity index (χ2n) is 12.9. The monoisotopic (exact) mass is 779 g/mol. The third kappa shape index (κ3) is 5.54. The number of rotatable bonds is 4. The number of hydrogen-bond acceptors (Lipinski definition) is 3. The molecule has 0 atom stereocenters. The van der Waals surface area contributed by atoms with Crippen LogP contribution in [0.4, 0.5) is 17.1 Å². The van der Waals surface area contributed by atoms with Crippen molar-refractivity contribution in [2.24, 2.45) is 0 Å². The van der Waals surface area contributed by atoms with Crippen LogP contribution in [0.3, 0.4) is 0 Å². The number of nitrogens with zero attached hydrogens (tertiary/aromatic N) is 5. The molecule has 0 aliphatic carbocycles. The standard InChI is InChI=1S/C38H35N5O.Pt/c1-37(2,3)25-14-17-40-36(20-25)43-34-22-28(12-13-30(34)31-15-16-39-23-35(31)43)44-29-19-26(38(4,5)6)18-27(21-29)42-24-41(7)32-10-8-9-11-33(32)42;/h8-20,23H,1-7H3;/q;+2/i7D3,8D,9D,10D,11D;. The first-order valence-electron chi connectivity index (χ1n) is 17.8. The van der Waals surface area contributed by atoms with E-state index in [0.29, 0.717) is 17.2 Å². The number of pyridine rings is 2. The fraction of sp³-hybridized carbons (Fsp3) is 0.237. The fourth-order valence-electron chi connectivity index (χ4n) is 5.33. The molecular formula is C38H35N5OPt+2. The summed E-state index contributed by atoms with van der Waals surface area (Å²) in [5, 5.41) is 1.92. The van der Waals surface area contributed by atoms with Crippen LogP contribution < -0.4 is 9.31 Å². The van der Waals surface area contributed by atoms with Crippen molar-refractivity contribution in [3.63, 3.8) is 0 Å². The van der Waals surface area contributed by atoms with Gasteiger partial charge < -0.3 is 9.30 Å².